The Morgan fingerprint density at radius 3 is 2.39 bits per heavy atom. The van der Waals surface area contributed by atoms with Gasteiger partial charge in [-0.1, -0.05) is 29.3 Å². The average Bonchev–Trinajstić information content (AvgIpc) is 3.67. The Labute approximate surface area is 304 Å². The van der Waals surface area contributed by atoms with Crippen LogP contribution < -0.4 is 9.64 Å². The van der Waals surface area contributed by atoms with Gasteiger partial charge in [0.05, 0.1) is 39.6 Å². The molecule has 1 N–H and O–H groups in total. The Kier molecular flexibility index (Phi) is 8.66. The first-order valence-corrected chi connectivity index (χ1v) is 17.5. The molecule has 0 fully saturated rings. The lowest BCUT2D eigenvalue weighted by Crippen LogP contribution is -2.42. The number of hydrogen-bond acceptors (Lipinski definition) is 4. The lowest BCUT2D eigenvalue weighted by molar-refractivity contribution is 0.0692. The molecule has 264 valence electrons. The largest absolute Gasteiger partial charge is 0.494 e. The van der Waals surface area contributed by atoms with Gasteiger partial charge in [-0.15, -0.1) is 0 Å². The number of carbonyl (C=O) groups excluding carboxylic acids is 1. The summed E-state index contributed by atoms with van der Waals surface area (Å²) in [4.78, 5) is 28.5. The number of carbonyl (C=O) groups is 2. The van der Waals surface area contributed by atoms with Gasteiger partial charge in [0, 0.05) is 65.5 Å². The van der Waals surface area contributed by atoms with Crippen molar-refractivity contribution in [3.05, 3.63) is 97.8 Å². The molecule has 6 aromatic rings. The van der Waals surface area contributed by atoms with Crippen molar-refractivity contribution in [1.29, 1.82) is 0 Å². The maximum atomic E-state index is 14.9. The fourth-order valence-electron chi connectivity index (χ4n) is 7.70. The van der Waals surface area contributed by atoms with E-state index in [1.54, 1.807) is 22.7 Å². The number of aryl methyl sites for hydroxylation is 6. The molecule has 0 saturated heterocycles. The normalized spacial score (nSPS) is 14.6. The first kappa shape index (κ1) is 34.6. The van der Waals surface area contributed by atoms with Crippen LogP contribution in [0, 0.1) is 33.5 Å². The van der Waals surface area contributed by atoms with Crippen molar-refractivity contribution in [3.8, 4) is 16.9 Å². The second kappa shape index (κ2) is 12.8. The minimum Gasteiger partial charge on any atom is -0.494 e. The van der Waals surface area contributed by atoms with Gasteiger partial charge >= 0.3 is 5.97 Å². The van der Waals surface area contributed by atoms with E-state index >= 15 is 0 Å². The number of fused-ring (bicyclic) bond motifs is 4. The average molecular weight is 731 g/mol. The Balaban J connectivity index is 1.38. The minimum atomic E-state index is -1.37. The number of anilines is 1. The third kappa shape index (κ3) is 5.56. The van der Waals surface area contributed by atoms with Gasteiger partial charge in [-0.05, 0) is 94.5 Å². The summed E-state index contributed by atoms with van der Waals surface area (Å²) in [5.41, 5.74) is 8.24. The molecule has 0 aliphatic carbocycles. The standard InChI is InChI=1S/C39H38Cl2FN5O4/c1-19-13-24(14-20(2)35(19)41)51-12-8-9-25-26-10-11-29(40)34(33-22(4)43-45(7)23(33)5)36(26)47-21(3)17-46(38(48)37(25)47)32-18-44(6)31-16-30(42)27(39(49)50)15-28(31)32/h10-11,13-16,18,21H,8-9,12,17H2,1-7H3,(H,49,50)/t21-/m1/s1. The molecule has 12 heteroatoms. The van der Waals surface area contributed by atoms with Gasteiger partial charge in [-0.3, -0.25) is 9.48 Å². The highest BCUT2D eigenvalue weighted by Gasteiger charge is 2.38. The van der Waals surface area contributed by atoms with Gasteiger partial charge in [-0.2, -0.15) is 5.10 Å². The highest BCUT2D eigenvalue weighted by molar-refractivity contribution is 6.35. The highest BCUT2D eigenvalue weighted by Crippen LogP contribution is 2.46. The summed E-state index contributed by atoms with van der Waals surface area (Å²) in [6, 6.07) is 10.0. The van der Waals surface area contributed by atoms with Crippen LogP contribution in [0.15, 0.2) is 42.6 Å². The van der Waals surface area contributed by atoms with Crippen LogP contribution in [-0.2, 0) is 20.5 Å². The van der Waals surface area contributed by atoms with Gasteiger partial charge < -0.3 is 23.9 Å². The number of halogens is 3. The SMILES string of the molecule is Cc1cc(OCCCc2c3n(c4c(-c5c(C)nn(C)c5C)c(Cl)ccc24)[C@H](C)CN(c2cn(C)c4cc(F)c(C(=O)O)cc24)C3=O)cc(C)c1Cl. The lowest BCUT2D eigenvalue weighted by atomic mass is 9.98. The summed E-state index contributed by atoms with van der Waals surface area (Å²) >= 11 is 13.4. The van der Waals surface area contributed by atoms with Crippen molar-refractivity contribution in [2.24, 2.45) is 14.1 Å². The molecule has 3 aromatic heterocycles. The molecule has 1 atom stereocenters. The topological polar surface area (TPSA) is 94.5 Å². The third-order valence-electron chi connectivity index (χ3n) is 10.1. The first-order chi connectivity index (χ1) is 24.2. The summed E-state index contributed by atoms with van der Waals surface area (Å²) in [6.07, 6.45) is 2.91. The lowest BCUT2D eigenvalue weighted by Gasteiger charge is -2.34. The summed E-state index contributed by atoms with van der Waals surface area (Å²) in [6.45, 7) is 10.6. The molecule has 0 spiro atoms. The molecule has 0 unspecified atom stereocenters. The van der Waals surface area contributed by atoms with E-state index in [1.807, 2.05) is 63.7 Å². The number of benzene rings is 3. The molecule has 1 aliphatic rings. The monoisotopic (exact) mass is 729 g/mol. The van der Waals surface area contributed by atoms with Crippen molar-refractivity contribution in [3.63, 3.8) is 0 Å². The second-order valence-corrected chi connectivity index (χ2v) is 14.3. The Morgan fingerprint density at radius 1 is 1.04 bits per heavy atom. The fraction of sp³-hybridized carbons (Fsp3) is 0.308. The number of hydrogen-bond donors (Lipinski definition) is 1. The van der Waals surface area contributed by atoms with Crippen LogP contribution in [0.1, 0.15) is 68.3 Å². The number of amides is 1. The maximum absolute atomic E-state index is 14.9. The van der Waals surface area contributed by atoms with Crippen molar-refractivity contribution < 1.29 is 23.8 Å². The van der Waals surface area contributed by atoms with Crippen molar-refractivity contribution >= 4 is 62.6 Å². The molecule has 7 rings (SSSR count). The van der Waals surface area contributed by atoms with E-state index in [0.717, 1.165) is 60.9 Å². The number of aromatic nitrogens is 4. The number of carboxylic acids is 1. The summed E-state index contributed by atoms with van der Waals surface area (Å²) < 4.78 is 26.6. The molecule has 3 aromatic carbocycles. The second-order valence-electron chi connectivity index (χ2n) is 13.6. The van der Waals surface area contributed by atoms with Crippen LogP contribution in [0.4, 0.5) is 10.1 Å². The van der Waals surface area contributed by atoms with Gasteiger partial charge in [0.2, 0.25) is 0 Å². The van der Waals surface area contributed by atoms with Crippen LogP contribution in [0.5, 0.6) is 5.75 Å². The van der Waals surface area contributed by atoms with E-state index in [4.69, 9.17) is 27.9 Å². The zero-order valence-electron chi connectivity index (χ0n) is 29.5. The van der Waals surface area contributed by atoms with E-state index in [1.165, 1.54) is 12.1 Å². The van der Waals surface area contributed by atoms with Gasteiger partial charge in [0.15, 0.2) is 0 Å². The molecule has 51 heavy (non-hydrogen) atoms. The number of carboxylic acid groups (broad SMARTS) is 1. The Bertz CT molecular complexity index is 2420. The van der Waals surface area contributed by atoms with E-state index in [2.05, 4.69) is 16.6 Å². The summed E-state index contributed by atoms with van der Waals surface area (Å²) in [5, 5.41) is 17.1. The summed E-state index contributed by atoms with van der Waals surface area (Å²) in [7, 11) is 3.65. The number of aromatic carboxylic acids is 1. The van der Waals surface area contributed by atoms with Gasteiger partial charge in [-0.25, -0.2) is 9.18 Å². The Hall–Kier alpha value is -4.80. The quantitative estimate of drug-likeness (QED) is 0.158. The molecule has 1 aliphatic heterocycles. The molecular weight excluding hydrogens is 692 g/mol. The van der Waals surface area contributed by atoms with Crippen molar-refractivity contribution in [2.45, 2.75) is 53.5 Å². The summed E-state index contributed by atoms with van der Waals surface area (Å²) in [5.74, 6) is -1.71. The van der Waals surface area contributed by atoms with E-state index < -0.39 is 17.3 Å². The third-order valence-corrected chi connectivity index (χ3v) is 11.1. The molecule has 0 saturated carbocycles. The first-order valence-electron chi connectivity index (χ1n) is 16.8. The Morgan fingerprint density at radius 2 is 1.75 bits per heavy atom. The predicted molar refractivity (Wildman–Crippen MR) is 200 cm³/mol. The minimum absolute atomic E-state index is 0.214. The van der Waals surface area contributed by atoms with Crippen LogP contribution in [0.25, 0.3) is 32.9 Å². The van der Waals surface area contributed by atoms with Gasteiger partial charge in [0.25, 0.3) is 5.91 Å². The smallest absolute Gasteiger partial charge is 0.338 e. The number of nitrogens with zero attached hydrogens (tertiary/aromatic N) is 5. The van der Waals surface area contributed by atoms with E-state index in [-0.39, 0.29) is 11.9 Å². The molecular formula is C39H38Cl2FN5O4. The molecule has 4 heterocycles. The molecule has 0 bridgehead atoms. The van der Waals surface area contributed by atoms with Crippen LogP contribution >= 0.6 is 23.2 Å². The maximum Gasteiger partial charge on any atom is 0.338 e. The predicted octanol–water partition coefficient (Wildman–Crippen LogP) is 9.14. The highest BCUT2D eigenvalue weighted by atomic mass is 35.5. The fourth-order valence-corrected chi connectivity index (χ4v) is 8.05. The zero-order valence-corrected chi connectivity index (χ0v) is 31.0. The number of rotatable bonds is 8. The van der Waals surface area contributed by atoms with E-state index in [0.29, 0.717) is 53.3 Å². The van der Waals surface area contributed by atoms with Crippen LogP contribution in [0.3, 0.4) is 0 Å². The molecule has 0 radical (unpaired) electrons. The van der Waals surface area contributed by atoms with Crippen LogP contribution in [-0.4, -0.2) is 49.0 Å². The van der Waals surface area contributed by atoms with Crippen LogP contribution in [0.2, 0.25) is 10.0 Å². The molecule has 9 nitrogen and oxygen atoms in total. The number of ether oxygens (including phenoxy) is 1. The van der Waals surface area contributed by atoms with Crippen molar-refractivity contribution in [1.82, 2.24) is 18.9 Å². The van der Waals surface area contributed by atoms with Crippen molar-refractivity contribution in [2.75, 3.05) is 18.1 Å². The van der Waals surface area contributed by atoms with Gasteiger partial charge in [0.1, 0.15) is 17.3 Å². The zero-order chi connectivity index (χ0) is 36.6. The van der Waals surface area contributed by atoms with E-state index in [9.17, 15) is 19.1 Å². The molecule has 1 amide bonds.